The van der Waals surface area contributed by atoms with Gasteiger partial charge in [0.25, 0.3) is 5.69 Å². The van der Waals surface area contributed by atoms with E-state index < -0.39 is 4.92 Å². The van der Waals surface area contributed by atoms with Crippen LogP contribution in [-0.2, 0) is 0 Å². The summed E-state index contributed by atoms with van der Waals surface area (Å²) in [6.45, 7) is 5.11. The molecule has 82 valence electrons. The van der Waals surface area contributed by atoms with Crippen molar-refractivity contribution in [2.24, 2.45) is 5.92 Å². The van der Waals surface area contributed by atoms with Crippen LogP contribution in [0.2, 0.25) is 0 Å². The van der Waals surface area contributed by atoms with Crippen LogP contribution in [0.1, 0.15) is 13.8 Å². The molecule has 1 aromatic heterocycles. The molecule has 0 N–H and O–H groups in total. The first-order valence-corrected chi connectivity index (χ1v) is 4.82. The maximum Gasteiger partial charge on any atom is 0.287 e. The van der Waals surface area contributed by atoms with Crippen molar-refractivity contribution in [1.82, 2.24) is 4.98 Å². The first-order valence-electron chi connectivity index (χ1n) is 4.82. The number of pyridine rings is 1. The average molecular weight is 209 g/mol. The molecular formula is C10H15N3O2. The molecule has 0 aromatic carbocycles. The monoisotopic (exact) mass is 209 g/mol. The van der Waals surface area contributed by atoms with Crippen LogP contribution in [0.4, 0.5) is 11.5 Å². The van der Waals surface area contributed by atoms with Gasteiger partial charge < -0.3 is 4.90 Å². The quantitative estimate of drug-likeness (QED) is 0.562. The minimum absolute atomic E-state index is 0.0247. The molecule has 0 saturated heterocycles. The van der Waals surface area contributed by atoms with E-state index in [1.54, 1.807) is 6.07 Å². The summed E-state index contributed by atoms with van der Waals surface area (Å²) in [6, 6.07) is 3.14. The third-order valence-corrected chi connectivity index (χ3v) is 1.97. The average Bonchev–Trinajstić information content (AvgIpc) is 2.17. The Bertz CT molecular complexity index is 335. The summed E-state index contributed by atoms with van der Waals surface area (Å²) in [5.41, 5.74) is 0.0247. The smallest absolute Gasteiger partial charge is 0.287 e. The van der Waals surface area contributed by atoms with Crippen LogP contribution >= 0.6 is 0 Å². The Hall–Kier alpha value is -1.65. The molecule has 0 aliphatic carbocycles. The molecule has 1 heterocycles. The second-order valence-electron chi connectivity index (χ2n) is 3.91. The zero-order valence-corrected chi connectivity index (χ0v) is 9.17. The Morgan fingerprint density at radius 3 is 2.60 bits per heavy atom. The predicted octanol–water partition coefficient (Wildman–Crippen LogP) is 2.08. The topological polar surface area (TPSA) is 59.3 Å². The fourth-order valence-corrected chi connectivity index (χ4v) is 1.35. The molecule has 0 amide bonds. The molecule has 0 atom stereocenters. The lowest BCUT2D eigenvalue weighted by atomic mass is 10.2. The fraction of sp³-hybridized carbons (Fsp3) is 0.500. The summed E-state index contributed by atoms with van der Waals surface area (Å²) in [7, 11) is 1.92. The van der Waals surface area contributed by atoms with Gasteiger partial charge in [-0.15, -0.1) is 0 Å². The van der Waals surface area contributed by atoms with Crippen LogP contribution in [0.3, 0.4) is 0 Å². The van der Waals surface area contributed by atoms with Crippen LogP contribution in [0.15, 0.2) is 18.3 Å². The van der Waals surface area contributed by atoms with Gasteiger partial charge in [-0.1, -0.05) is 13.8 Å². The van der Waals surface area contributed by atoms with Crippen molar-refractivity contribution in [3.05, 3.63) is 28.4 Å². The first-order chi connectivity index (χ1) is 7.00. The summed E-state index contributed by atoms with van der Waals surface area (Å²) >= 11 is 0. The van der Waals surface area contributed by atoms with E-state index in [0.29, 0.717) is 5.92 Å². The third kappa shape index (κ3) is 3.19. The van der Waals surface area contributed by atoms with Gasteiger partial charge in [-0.2, -0.15) is 0 Å². The number of anilines is 1. The van der Waals surface area contributed by atoms with Crippen molar-refractivity contribution in [3.8, 4) is 0 Å². The van der Waals surface area contributed by atoms with E-state index in [1.165, 1.54) is 12.3 Å². The van der Waals surface area contributed by atoms with E-state index >= 15 is 0 Å². The first kappa shape index (κ1) is 11.4. The molecule has 0 saturated carbocycles. The molecule has 0 radical (unpaired) electrons. The van der Waals surface area contributed by atoms with Gasteiger partial charge in [0.15, 0.2) is 0 Å². The second kappa shape index (κ2) is 4.72. The molecule has 0 bridgehead atoms. The zero-order valence-electron chi connectivity index (χ0n) is 9.17. The van der Waals surface area contributed by atoms with E-state index in [0.717, 1.165) is 12.4 Å². The normalized spacial score (nSPS) is 10.4. The summed E-state index contributed by atoms with van der Waals surface area (Å²) in [4.78, 5) is 16.0. The Balaban J connectivity index is 2.75. The highest BCUT2D eigenvalue weighted by atomic mass is 16.6. The highest BCUT2D eigenvalue weighted by molar-refractivity contribution is 5.42. The van der Waals surface area contributed by atoms with Crippen molar-refractivity contribution in [2.45, 2.75) is 13.8 Å². The largest absolute Gasteiger partial charge is 0.359 e. The molecule has 0 aliphatic rings. The van der Waals surface area contributed by atoms with E-state index in [2.05, 4.69) is 18.8 Å². The third-order valence-electron chi connectivity index (χ3n) is 1.97. The van der Waals surface area contributed by atoms with Gasteiger partial charge in [-0.05, 0) is 12.0 Å². The zero-order chi connectivity index (χ0) is 11.4. The fourth-order valence-electron chi connectivity index (χ4n) is 1.35. The Labute approximate surface area is 88.9 Å². The number of rotatable bonds is 4. The minimum Gasteiger partial charge on any atom is -0.359 e. The number of hydrogen-bond acceptors (Lipinski definition) is 4. The summed E-state index contributed by atoms with van der Waals surface area (Å²) in [5.74, 6) is 1.29. The van der Waals surface area contributed by atoms with E-state index in [-0.39, 0.29) is 5.69 Å². The highest BCUT2D eigenvalue weighted by Crippen LogP contribution is 2.15. The van der Waals surface area contributed by atoms with Crippen molar-refractivity contribution in [1.29, 1.82) is 0 Å². The van der Waals surface area contributed by atoms with Gasteiger partial charge in [0.1, 0.15) is 12.0 Å². The van der Waals surface area contributed by atoms with Gasteiger partial charge in [-0.3, -0.25) is 10.1 Å². The van der Waals surface area contributed by atoms with Crippen LogP contribution < -0.4 is 4.90 Å². The molecule has 1 aromatic rings. The SMILES string of the molecule is CC(C)CN(C)c1ccc([N+](=O)[O-])cn1. The molecule has 0 spiro atoms. The molecule has 5 heteroatoms. The molecule has 0 fully saturated rings. The highest BCUT2D eigenvalue weighted by Gasteiger charge is 2.08. The number of aromatic nitrogens is 1. The number of hydrogen-bond donors (Lipinski definition) is 0. The van der Waals surface area contributed by atoms with Crippen molar-refractivity contribution in [3.63, 3.8) is 0 Å². The lowest BCUT2D eigenvalue weighted by Gasteiger charge is -2.19. The summed E-state index contributed by atoms with van der Waals surface area (Å²) in [5, 5.41) is 10.4. The molecule has 5 nitrogen and oxygen atoms in total. The van der Waals surface area contributed by atoms with Crippen molar-refractivity contribution >= 4 is 11.5 Å². The molecule has 0 unspecified atom stereocenters. The van der Waals surface area contributed by atoms with Crippen LogP contribution in [0.25, 0.3) is 0 Å². The van der Waals surface area contributed by atoms with Gasteiger partial charge in [0, 0.05) is 19.7 Å². The predicted molar refractivity (Wildman–Crippen MR) is 59.0 cm³/mol. The lowest BCUT2D eigenvalue weighted by Crippen LogP contribution is -2.23. The molecular weight excluding hydrogens is 194 g/mol. The number of nitro groups is 1. The van der Waals surface area contributed by atoms with Crippen molar-refractivity contribution < 1.29 is 4.92 Å². The van der Waals surface area contributed by atoms with Crippen LogP contribution in [-0.4, -0.2) is 23.5 Å². The van der Waals surface area contributed by atoms with E-state index in [4.69, 9.17) is 0 Å². The molecule has 1 rings (SSSR count). The summed E-state index contributed by atoms with van der Waals surface area (Å²) in [6.07, 6.45) is 1.28. The van der Waals surface area contributed by atoms with Gasteiger partial charge >= 0.3 is 0 Å². The maximum absolute atomic E-state index is 10.4. The maximum atomic E-state index is 10.4. The lowest BCUT2D eigenvalue weighted by molar-refractivity contribution is -0.385. The van der Waals surface area contributed by atoms with Gasteiger partial charge in [0.2, 0.25) is 0 Å². The molecule has 15 heavy (non-hydrogen) atoms. The molecule has 0 aliphatic heterocycles. The van der Waals surface area contributed by atoms with E-state index in [9.17, 15) is 10.1 Å². The minimum atomic E-state index is -0.445. The van der Waals surface area contributed by atoms with Crippen molar-refractivity contribution in [2.75, 3.05) is 18.5 Å². The Morgan fingerprint density at radius 2 is 2.20 bits per heavy atom. The Kier molecular flexibility index (Phi) is 3.60. The second-order valence-corrected chi connectivity index (χ2v) is 3.91. The van der Waals surface area contributed by atoms with Gasteiger partial charge in [0.05, 0.1) is 4.92 Å². The van der Waals surface area contributed by atoms with Gasteiger partial charge in [-0.25, -0.2) is 4.98 Å². The van der Waals surface area contributed by atoms with Crippen LogP contribution in [0, 0.1) is 16.0 Å². The summed E-state index contributed by atoms with van der Waals surface area (Å²) < 4.78 is 0. The number of nitrogens with zero attached hydrogens (tertiary/aromatic N) is 3. The Morgan fingerprint density at radius 1 is 1.53 bits per heavy atom. The van der Waals surface area contributed by atoms with E-state index in [1.807, 2.05) is 11.9 Å². The standard InChI is InChI=1S/C10H15N3O2/c1-8(2)7-12(3)10-5-4-9(6-11-10)13(14)15/h4-6,8H,7H2,1-3H3. The van der Waals surface area contributed by atoms with Crippen LogP contribution in [0.5, 0.6) is 0 Å².